The average Bonchev–Trinajstić information content (AvgIpc) is 2.54. The SMILES string of the molecule is CC(C)NC(=O)c1ccc(S(=O)(=O)N[C@H](C)Cc2ccccn2)cc1. The van der Waals surface area contributed by atoms with Crippen LogP contribution in [0.15, 0.2) is 53.6 Å². The lowest BCUT2D eigenvalue weighted by molar-refractivity contribution is 0.0943. The van der Waals surface area contributed by atoms with Crippen LogP contribution in [-0.4, -0.2) is 31.4 Å². The van der Waals surface area contributed by atoms with Crippen molar-refractivity contribution in [3.05, 3.63) is 59.9 Å². The first-order valence-corrected chi connectivity index (χ1v) is 9.59. The average molecular weight is 361 g/mol. The van der Waals surface area contributed by atoms with Crippen LogP contribution in [0.4, 0.5) is 0 Å². The van der Waals surface area contributed by atoms with Crippen LogP contribution in [0.3, 0.4) is 0 Å². The fourth-order valence-corrected chi connectivity index (χ4v) is 3.58. The second kappa shape index (κ2) is 8.22. The number of amides is 1. The second-order valence-electron chi connectivity index (χ2n) is 6.20. The smallest absolute Gasteiger partial charge is 0.251 e. The largest absolute Gasteiger partial charge is 0.350 e. The summed E-state index contributed by atoms with van der Waals surface area (Å²) < 4.78 is 27.6. The Bertz CT molecular complexity index is 803. The third kappa shape index (κ3) is 5.65. The molecule has 134 valence electrons. The molecule has 0 aliphatic rings. The Morgan fingerprint density at radius 1 is 1.08 bits per heavy atom. The fourth-order valence-electron chi connectivity index (χ4n) is 2.34. The quantitative estimate of drug-likeness (QED) is 0.791. The summed E-state index contributed by atoms with van der Waals surface area (Å²) in [5.74, 6) is -0.226. The number of pyridine rings is 1. The van der Waals surface area contributed by atoms with Crippen molar-refractivity contribution >= 4 is 15.9 Å². The van der Waals surface area contributed by atoms with Crippen LogP contribution >= 0.6 is 0 Å². The van der Waals surface area contributed by atoms with E-state index in [0.29, 0.717) is 12.0 Å². The minimum absolute atomic E-state index is 0.0185. The lowest BCUT2D eigenvalue weighted by atomic mass is 10.2. The van der Waals surface area contributed by atoms with E-state index < -0.39 is 10.0 Å². The number of hydrogen-bond donors (Lipinski definition) is 2. The molecule has 2 aromatic rings. The predicted octanol–water partition coefficient (Wildman–Crippen LogP) is 2.13. The molecule has 25 heavy (non-hydrogen) atoms. The van der Waals surface area contributed by atoms with Crippen molar-refractivity contribution in [2.75, 3.05) is 0 Å². The number of benzene rings is 1. The summed E-state index contributed by atoms with van der Waals surface area (Å²) in [5.41, 5.74) is 1.24. The molecule has 2 N–H and O–H groups in total. The van der Waals surface area contributed by atoms with Crippen LogP contribution in [0.5, 0.6) is 0 Å². The molecule has 0 aliphatic carbocycles. The summed E-state index contributed by atoms with van der Waals surface area (Å²) in [7, 11) is -3.65. The number of nitrogens with one attached hydrogen (secondary N) is 2. The van der Waals surface area contributed by atoms with Crippen LogP contribution in [0.25, 0.3) is 0 Å². The van der Waals surface area contributed by atoms with Crippen LogP contribution < -0.4 is 10.0 Å². The molecule has 0 fully saturated rings. The number of rotatable bonds is 7. The molecular weight excluding hydrogens is 338 g/mol. The molecule has 0 unspecified atom stereocenters. The van der Waals surface area contributed by atoms with Gasteiger partial charge >= 0.3 is 0 Å². The Kier molecular flexibility index (Phi) is 6.27. The van der Waals surface area contributed by atoms with Gasteiger partial charge in [-0.3, -0.25) is 9.78 Å². The fraction of sp³-hybridized carbons (Fsp3) is 0.333. The third-order valence-corrected chi connectivity index (χ3v) is 5.05. The molecule has 0 radical (unpaired) electrons. The van der Waals surface area contributed by atoms with Gasteiger partial charge in [-0.15, -0.1) is 0 Å². The highest BCUT2D eigenvalue weighted by molar-refractivity contribution is 7.89. The van der Waals surface area contributed by atoms with Crippen LogP contribution in [0.2, 0.25) is 0 Å². The summed E-state index contributed by atoms with van der Waals surface area (Å²) in [6.07, 6.45) is 2.17. The van der Waals surface area contributed by atoms with Crippen molar-refractivity contribution in [2.45, 2.75) is 44.2 Å². The van der Waals surface area contributed by atoms with Gasteiger partial charge in [-0.05, 0) is 57.2 Å². The van der Waals surface area contributed by atoms with E-state index >= 15 is 0 Å². The first-order chi connectivity index (χ1) is 11.8. The van der Waals surface area contributed by atoms with E-state index in [1.54, 1.807) is 13.1 Å². The number of hydrogen-bond acceptors (Lipinski definition) is 4. The number of nitrogens with zero attached hydrogens (tertiary/aromatic N) is 1. The van der Waals surface area contributed by atoms with Gasteiger partial charge in [0.15, 0.2) is 0 Å². The zero-order valence-corrected chi connectivity index (χ0v) is 15.4. The lowest BCUT2D eigenvalue weighted by Gasteiger charge is -2.14. The Labute approximate surface area is 148 Å². The monoisotopic (exact) mass is 361 g/mol. The molecule has 0 saturated carbocycles. The molecule has 1 heterocycles. The van der Waals surface area contributed by atoms with Gasteiger partial charge in [0.25, 0.3) is 5.91 Å². The van der Waals surface area contributed by atoms with E-state index in [1.165, 1.54) is 24.3 Å². The summed E-state index contributed by atoms with van der Waals surface area (Å²) in [4.78, 5) is 16.2. The maximum atomic E-state index is 12.5. The standard InChI is InChI=1S/C18H23N3O3S/c1-13(2)20-18(22)15-7-9-17(10-8-15)25(23,24)21-14(3)12-16-6-4-5-11-19-16/h4-11,13-14,21H,12H2,1-3H3,(H,20,22)/t14-/m1/s1. The summed E-state index contributed by atoms with van der Waals surface area (Å²) >= 11 is 0. The number of aromatic nitrogens is 1. The third-order valence-electron chi connectivity index (χ3n) is 3.44. The molecule has 6 nitrogen and oxygen atoms in total. The highest BCUT2D eigenvalue weighted by Crippen LogP contribution is 2.12. The minimum Gasteiger partial charge on any atom is -0.350 e. The zero-order valence-electron chi connectivity index (χ0n) is 14.6. The molecule has 1 aromatic heterocycles. The lowest BCUT2D eigenvalue weighted by Crippen LogP contribution is -2.34. The second-order valence-corrected chi connectivity index (χ2v) is 7.91. The van der Waals surface area contributed by atoms with E-state index in [0.717, 1.165) is 5.69 Å². The maximum absolute atomic E-state index is 12.5. The molecule has 0 saturated heterocycles. The highest BCUT2D eigenvalue weighted by atomic mass is 32.2. The zero-order chi connectivity index (χ0) is 18.4. The van der Waals surface area contributed by atoms with E-state index in [2.05, 4.69) is 15.0 Å². The Morgan fingerprint density at radius 2 is 1.76 bits per heavy atom. The van der Waals surface area contributed by atoms with Gasteiger partial charge in [0.1, 0.15) is 0 Å². The molecule has 0 bridgehead atoms. The Morgan fingerprint density at radius 3 is 2.32 bits per heavy atom. The van der Waals surface area contributed by atoms with E-state index in [9.17, 15) is 13.2 Å². The van der Waals surface area contributed by atoms with Gasteiger partial charge in [0, 0.05) is 36.0 Å². The van der Waals surface area contributed by atoms with Gasteiger partial charge in [-0.25, -0.2) is 13.1 Å². The maximum Gasteiger partial charge on any atom is 0.251 e. The normalized spacial score (nSPS) is 12.8. The van der Waals surface area contributed by atoms with Gasteiger partial charge in [-0.2, -0.15) is 0 Å². The van der Waals surface area contributed by atoms with Crippen LogP contribution in [-0.2, 0) is 16.4 Å². The van der Waals surface area contributed by atoms with Crippen molar-refractivity contribution < 1.29 is 13.2 Å². The van der Waals surface area contributed by atoms with Crippen molar-refractivity contribution in [1.82, 2.24) is 15.0 Å². The molecule has 2 rings (SSSR count). The summed E-state index contributed by atoms with van der Waals surface area (Å²) in [6.45, 7) is 5.52. The summed E-state index contributed by atoms with van der Waals surface area (Å²) in [5, 5.41) is 2.77. The minimum atomic E-state index is -3.65. The van der Waals surface area contributed by atoms with Crippen LogP contribution in [0.1, 0.15) is 36.8 Å². The number of carbonyl (C=O) groups excluding carboxylic acids is 1. The Balaban J connectivity index is 2.05. The van der Waals surface area contributed by atoms with Crippen LogP contribution in [0, 0.1) is 0 Å². The molecule has 0 spiro atoms. The molecule has 1 aromatic carbocycles. The van der Waals surface area contributed by atoms with E-state index in [-0.39, 0.29) is 22.9 Å². The van der Waals surface area contributed by atoms with Crippen molar-refractivity contribution in [3.63, 3.8) is 0 Å². The van der Waals surface area contributed by atoms with Gasteiger partial charge in [0.2, 0.25) is 10.0 Å². The number of carbonyl (C=O) groups is 1. The topological polar surface area (TPSA) is 88.2 Å². The number of sulfonamides is 1. The van der Waals surface area contributed by atoms with Gasteiger partial charge in [0.05, 0.1) is 4.90 Å². The molecular formula is C18H23N3O3S. The first-order valence-electron chi connectivity index (χ1n) is 8.11. The molecule has 7 heteroatoms. The van der Waals surface area contributed by atoms with Gasteiger partial charge < -0.3 is 5.32 Å². The first kappa shape index (κ1) is 19.1. The Hall–Kier alpha value is -2.25. The van der Waals surface area contributed by atoms with E-state index in [4.69, 9.17) is 0 Å². The molecule has 1 atom stereocenters. The predicted molar refractivity (Wildman–Crippen MR) is 96.8 cm³/mol. The van der Waals surface area contributed by atoms with Crippen molar-refractivity contribution in [3.8, 4) is 0 Å². The molecule has 0 aliphatic heterocycles. The van der Waals surface area contributed by atoms with Crippen molar-refractivity contribution in [2.24, 2.45) is 0 Å². The van der Waals surface area contributed by atoms with Gasteiger partial charge in [-0.1, -0.05) is 6.07 Å². The molecule has 1 amide bonds. The summed E-state index contributed by atoms with van der Waals surface area (Å²) in [6, 6.07) is 11.1. The van der Waals surface area contributed by atoms with Crippen molar-refractivity contribution in [1.29, 1.82) is 0 Å². The highest BCUT2D eigenvalue weighted by Gasteiger charge is 2.18. The van der Waals surface area contributed by atoms with E-state index in [1.807, 2.05) is 32.0 Å².